The average Bonchev–Trinajstić information content (AvgIpc) is 2.22. The first kappa shape index (κ1) is 12.6. The molecular weight excluding hydrogens is 237 g/mol. The zero-order valence-electron chi connectivity index (χ0n) is 8.27. The second-order valence-corrected chi connectivity index (χ2v) is 3.32. The van der Waals surface area contributed by atoms with E-state index in [1.54, 1.807) is 0 Å². The van der Waals surface area contributed by atoms with Crippen molar-refractivity contribution >= 4 is 18.5 Å². The van der Waals surface area contributed by atoms with Crippen LogP contribution in [0, 0.1) is 5.82 Å². The SMILES string of the molecule is Cl.O=C1N[C@H](c2cc(F)ccc2O)CCO1. The zero-order valence-corrected chi connectivity index (χ0v) is 9.09. The van der Waals surface area contributed by atoms with Crippen molar-refractivity contribution < 1.29 is 19.0 Å². The van der Waals surface area contributed by atoms with Crippen LogP contribution in [0.5, 0.6) is 5.75 Å². The fraction of sp³-hybridized carbons (Fsp3) is 0.300. The van der Waals surface area contributed by atoms with Gasteiger partial charge < -0.3 is 15.2 Å². The Morgan fingerprint density at radius 1 is 1.50 bits per heavy atom. The van der Waals surface area contributed by atoms with Gasteiger partial charge in [0.25, 0.3) is 0 Å². The molecule has 1 saturated heterocycles. The second kappa shape index (κ2) is 5.03. The number of carbonyl (C=O) groups is 1. The van der Waals surface area contributed by atoms with E-state index in [0.29, 0.717) is 12.0 Å². The van der Waals surface area contributed by atoms with Gasteiger partial charge in [-0.25, -0.2) is 9.18 Å². The summed E-state index contributed by atoms with van der Waals surface area (Å²) < 4.78 is 17.6. The number of phenolic OH excluding ortho intramolecular Hbond substituents is 1. The summed E-state index contributed by atoms with van der Waals surface area (Å²) in [5, 5.41) is 12.0. The minimum Gasteiger partial charge on any atom is -0.508 e. The maximum absolute atomic E-state index is 12.9. The highest BCUT2D eigenvalue weighted by molar-refractivity contribution is 5.85. The fourth-order valence-electron chi connectivity index (χ4n) is 1.56. The molecule has 1 atom stereocenters. The van der Waals surface area contributed by atoms with E-state index >= 15 is 0 Å². The van der Waals surface area contributed by atoms with E-state index in [4.69, 9.17) is 0 Å². The van der Waals surface area contributed by atoms with E-state index in [1.807, 2.05) is 0 Å². The van der Waals surface area contributed by atoms with Gasteiger partial charge in [0.2, 0.25) is 0 Å². The van der Waals surface area contributed by atoms with Gasteiger partial charge in [0, 0.05) is 12.0 Å². The molecule has 1 amide bonds. The minimum atomic E-state index is -0.546. The Balaban J connectivity index is 0.00000128. The molecule has 0 aliphatic carbocycles. The summed E-state index contributed by atoms with van der Waals surface area (Å²) in [5.41, 5.74) is 0.381. The van der Waals surface area contributed by atoms with Crippen molar-refractivity contribution in [1.29, 1.82) is 0 Å². The number of amides is 1. The van der Waals surface area contributed by atoms with Crippen molar-refractivity contribution in [2.24, 2.45) is 0 Å². The maximum Gasteiger partial charge on any atom is 0.407 e. The van der Waals surface area contributed by atoms with Crippen LogP contribution >= 0.6 is 12.4 Å². The Bertz CT molecular complexity index is 400. The van der Waals surface area contributed by atoms with Crippen LogP contribution in [0.1, 0.15) is 18.0 Å². The summed E-state index contributed by atoms with van der Waals surface area (Å²) in [6.45, 7) is 0.270. The lowest BCUT2D eigenvalue weighted by atomic mass is 10.0. The molecule has 2 N–H and O–H groups in total. The predicted octanol–water partition coefficient (Wildman–Crippen LogP) is 2.12. The van der Waals surface area contributed by atoms with E-state index < -0.39 is 11.9 Å². The molecular formula is C10H11ClFNO3. The second-order valence-electron chi connectivity index (χ2n) is 3.32. The number of carbonyl (C=O) groups excluding carboxylic acids is 1. The first-order chi connectivity index (χ1) is 7.16. The number of rotatable bonds is 1. The summed E-state index contributed by atoms with van der Waals surface area (Å²) >= 11 is 0. The summed E-state index contributed by atoms with van der Waals surface area (Å²) in [6, 6.07) is 3.26. The van der Waals surface area contributed by atoms with Gasteiger partial charge >= 0.3 is 6.09 Å². The topological polar surface area (TPSA) is 58.6 Å². The zero-order chi connectivity index (χ0) is 10.8. The number of hydrogen-bond acceptors (Lipinski definition) is 3. The molecule has 2 rings (SSSR count). The van der Waals surface area contributed by atoms with Crippen molar-refractivity contribution in [3.05, 3.63) is 29.6 Å². The molecule has 1 fully saturated rings. The number of ether oxygens (including phenoxy) is 1. The van der Waals surface area contributed by atoms with Crippen molar-refractivity contribution in [1.82, 2.24) is 5.32 Å². The quantitative estimate of drug-likeness (QED) is 0.799. The lowest BCUT2D eigenvalue weighted by Gasteiger charge is -2.24. The van der Waals surface area contributed by atoms with Crippen LogP contribution in [-0.4, -0.2) is 17.8 Å². The first-order valence-corrected chi connectivity index (χ1v) is 4.58. The lowest BCUT2D eigenvalue weighted by molar-refractivity contribution is 0.115. The molecule has 4 nitrogen and oxygen atoms in total. The van der Waals surface area contributed by atoms with Crippen LogP contribution in [-0.2, 0) is 4.74 Å². The van der Waals surface area contributed by atoms with Gasteiger partial charge in [-0.15, -0.1) is 12.4 Å². The van der Waals surface area contributed by atoms with Gasteiger partial charge in [-0.3, -0.25) is 0 Å². The van der Waals surface area contributed by atoms with E-state index in [9.17, 15) is 14.3 Å². The molecule has 1 aromatic carbocycles. The first-order valence-electron chi connectivity index (χ1n) is 4.58. The summed E-state index contributed by atoms with van der Waals surface area (Å²) in [4.78, 5) is 10.9. The van der Waals surface area contributed by atoms with E-state index in [1.165, 1.54) is 18.2 Å². The Kier molecular flexibility index (Phi) is 3.95. The molecule has 0 aromatic heterocycles. The molecule has 88 valence electrons. The number of nitrogens with one attached hydrogen (secondary N) is 1. The fourth-order valence-corrected chi connectivity index (χ4v) is 1.56. The largest absolute Gasteiger partial charge is 0.508 e. The molecule has 0 unspecified atom stereocenters. The van der Waals surface area contributed by atoms with Gasteiger partial charge in [0.1, 0.15) is 11.6 Å². The average molecular weight is 248 g/mol. The van der Waals surface area contributed by atoms with Crippen LogP contribution in [0.3, 0.4) is 0 Å². The Morgan fingerprint density at radius 2 is 2.25 bits per heavy atom. The third-order valence-corrected chi connectivity index (χ3v) is 2.30. The molecule has 1 heterocycles. The standard InChI is InChI=1S/C10H10FNO3.ClH/c11-6-1-2-9(13)7(5-6)8-3-4-15-10(14)12-8;/h1-2,5,8,13H,3-4H2,(H,12,14);1H/t8-;/m0./s1. The van der Waals surface area contributed by atoms with E-state index in [-0.39, 0.29) is 30.8 Å². The molecule has 0 bridgehead atoms. The van der Waals surface area contributed by atoms with Crippen LogP contribution in [0.15, 0.2) is 18.2 Å². The normalized spacial score (nSPS) is 19.3. The lowest BCUT2D eigenvalue weighted by Crippen LogP contribution is -2.35. The highest BCUT2D eigenvalue weighted by atomic mass is 35.5. The van der Waals surface area contributed by atoms with Crippen molar-refractivity contribution in [2.75, 3.05) is 6.61 Å². The third kappa shape index (κ3) is 2.55. The van der Waals surface area contributed by atoms with Crippen LogP contribution in [0.4, 0.5) is 9.18 Å². The molecule has 1 aromatic rings. The van der Waals surface area contributed by atoms with Gasteiger partial charge in [0.15, 0.2) is 0 Å². The summed E-state index contributed by atoms with van der Waals surface area (Å²) in [5.74, 6) is -0.466. The maximum atomic E-state index is 12.9. The minimum absolute atomic E-state index is 0. The van der Waals surface area contributed by atoms with Crippen LogP contribution in [0.2, 0.25) is 0 Å². The Morgan fingerprint density at radius 3 is 2.94 bits per heavy atom. The van der Waals surface area contributed by atoms with Crippen molar-refractivity contribution in [2.45, 2.75) is 12.5 Å². The molecule has 0 radical (unpaired) electrons. The van der Waals surface area contributed by atoms with E-state index in [2.05, 4.69) is 10.1 Å². The monoisotopic (exact) mass is 247 g/mol. The highest BCUT2D eigenvalue weighted by Crippen LogP contribution is 2.28. The predicted molar refractivity (Wildman–Crippen MR) is 57.2 cm³/mol. The third-order valence-electron chi connectivity index (χ3n) is 2.30. The Hall–Kier alpha value is -1.49. The van der Waals surface area contributed by atoms with Crippen molar-refractivity contribution in [3.63, 3.8) is 0 Å². The van der Waals surface area contributed by atoms with Crippen LogP contribution in [0.25, 0.3) is 0 Å². The van der Waals surface area contributed by atoms with Gasteiger partial charge in [0.05, 0.1) is 12.6 Å². The number of aromatic hydroxyl groups is 1. The van der Waals surface area contributed by atoms with Gasteiger partial charge in [-0.1, -0.05) is 0 Å². The molecule has 0 spiro atoms. The number of alkyl carbamates (subject to hydrolysis) is 1. The summed E-state index contributed by atoms with van der Waals surface area (Å²) in [6.07, 6.45) is -0.0298. The smallest absolute Gasteiger partial charge is 0.407 e. The van der Waals surface area contributed by atoms with E-state index in [0.717, 1.165) is 0 Å². The molecule has 1 aliphatic rings. The number of benzene rings is 1. The Labute approximate surface area is 97.8 Å². The molecule has 6 heteroatoms. The van der Waals surface area contributed by atoms with Gasteiger partial charge in [-0.05, 0) is 18.2 Å². The number of halogens is 2. The van der Waals surface area contributed by atoms with Gasteiger partial charge in [-0.2, -0.15) is 0 Å². The molecule has 1 aliphatic heterocycles. The number of hydrogen-bond donors (Lipinski definition) is 2. The number of cyclic esters (lactones) is 1. The highest BCUT2D eigenvalue weighted by Gasteiger charge is 2.23. The van der Waals surface area contributed by atoms with Crippen LogP contribution < -0.4 is 5.32 Å². The summed E-state index contributed by atoms with van der Waals surface area (Å²) in [7, 11) is 0. The molecule has 16 heavy (non-hydrogen) atoms. The molecule has 0 saturated carbocycles. The van der Waals surface area contributed by atoms with Crippen molar-refractivity contribution in [3.8, 4) is 5.75 Å². The number of phenols is 1.